The van der Waals surface area contributed by atoms with E-state index in [0.717, 1.165) is 0 Å². The number of likely N-dealkylation sites (tertiary alicyclic amines) is 1. The number of rotatable bonds is 4. The van der Waals surface area contributed by atoms with Crippen LogP contribution in [0.15, 0.2) is 24.3 Å². The van der Waals surface area contributed by atoms with E-state index in [-0.39, 0.29) is 37.4 Å². The minimum atomic E-state index is -4.96. The minimum absolute atomic E-state index is 0.0603. The lowest BCUT2D eigenvalue weighted by Gasteiger charge is -2.19. The molecule has 0 saturated carbocycles. The van der Waals surface area contributed by atoms with Crippen LogP contribution in [0.1, 0.15) is 23.7 Å². The number of amides is 3. The standard InChI is InChI=1S/C16H18F3N3O4/c1-2-26-13(23)11-5-3-4-6-12(11)21-15(25)22-8-7-10(9-22)20-14(24)16(17,18)19/h3-6,10H,2,7-9H2,1H3,(H,20,24)(H,21,25). The highest BCUT2D eigenvalue weighted by molar-refractivity contribution is 6.00. The summed E-state index contributed by atoms with van der Waals surface area (Å²) >= 11 is 0. The molecule has 0 radical (unpaired) electrons. The molecule has 1 fully saturated rings. The van der Waals surface area contributed by atoms with Crippen molar-refractivity contribution >= 4 is 23.6 Å². The molecular formula is C16H18F3N3O4. The molecule has 1 aromatic carbocycles. The lowest BCUT2D eigenvalue weighted by Crippen LogP contribution is -2.45. The van der Waals surface area contributed by atoms with Crippen molar-refractivity contribution in [2.75, 3.05) is 25.0 Å². The fourth-order valence-corrected chi connectivity index (χ4v) is 2.50. The molecule has 1 unspecified atom stereocenters. The number of halogens is 3. The number of esters is 1. The van der Waals surface area contributed by atoms with E-state index in [0.29, 0.717) is 0 Å². The second-order valence-electron chi connectivity index (χ2n) is 5.60. The van der Waals surface area contributed by atoms with Crippen molar-refractivity contribution in [1.29, 1.82) is 0 Å². The number of anilines is 1. The first kappa shape index (κ1) is 19.5. The van der Waals surface area contributed by atoms with E-state index in [4.69, 9.17) is 4.74 Å². The lowest BCUT2D eigenvalue weighted by atomic mass is 10.2. The molecule has 1 aromatic rings. The quantitative estimate of drug-likeness (QED) is 0.792. The van der Waals surface area contributed by atoms with Gasteiger partial charge in [0, 0.05) is 19.1 Å². The Kier molecular flexibility index (Phi) is 6.06. The number of ether oxygens (including phenoxy) is 1. The molecule has 1 heterocycles. The van der Waals surface area contributed by atoms with Crippen molar-refractivity contribution < 1.29 is 32.3 Å². The maximum absolute atomic E-state index is 12.3. The number of para-hydroxylation sites is 1. The zero-order valence-electron chi connectivity index (χ0n) is 13.9. The maximum Gasteiger partial charge on any atom is 0.471 e. The normalized spacial score (nSPS) is 16.9. The van der Waals surface area contributed by atoms with E-state index < -0.39 is 30.1 Å². The number of alkyl halides is 3. The van der Waals surface area contributed by atoms with E-state index in [1.165, 1.54) is 17.0 Å². The Morgan fingerprint density at radius 1 is 1.27 bits per heavy atom. The molecule has 0 aromatic heterocycles. The first-order valence-corrected chi connectivity index (χ1v) is 7.92. The summed E-state index contributed by atoms with van der Waals surface area (Å²) in [4.78, 5) is 36.4. The Morgan fingerprint density at radius 3 is 2.62 bits per heavy atom. The van der Waals surface area contributed by atoms with Crippen LogP contribution in [-0.2, 0) is 9.53 Å². The van der Waals surface area contributed by atoms with Gasteiger partial charge in [-0.05, 0) is 25.5 Å². The van der Waals surface area contributed by atoms with Crippen LogP contribution in [0.2, 0.25) is 0 Å². The summed E-state index contributed by atoms with van der Waals surface area (Å²) < 4.78 is 41.8. The molecule has 2 rings (SSSR count). The van der Waals surface area contributed by atoms with Gasteiger partial charge in [-0.3, -0.25) is 4.79 Å². The number of carbonyl (C=O) groups excluding carboxylic acids is 3. The van der Waals surface area contributed by atoms with Gasteiger partial charge in [0.1, 0.15) is 0 Å². The number of benzene rings is 1. The number of urea groups is 1. The molecule has 0 aliphatic carbocycles. The topological polar surface area (TPSA) is 87.7 Å². The number of nitrogens with one attached hydrogen (secondary N) is 2. The fraction of sp³-hybridized carbons (Fsp3) is 0.438. The predicted octanol–water partition coefficient (Wildman–Crippen LogP) is 2.15. The Morgan fingerprint density at radius 2 is 1.96 bits per heavy atom. The van der Waals surface area contributed by atoms with Crippen LogP contribution in [0.5, 0.6) is 0 Å². The summed E-state index contributed by atoms with van der Waals surface area (Å²) in [5.41, 5.74) is 0.405. The van der Waals surface area contributed by atoms with Gasteiger partial charge in [-0.25, -0.2) is 9.59 Å². The van der Waals surface area contributed by atoms with E-state index in [9.17, 15) is 27.6 Å². The summed E-state index contributed by atoms with van der Waals surface area (Å²) in [6, 6.07) is 4.88. The molecule has 1 atom stereocenters. The van der Waals surface area contributed by atoms with Gasteiger partial charge in [-0.2, -0.15) is 13.2 Å². The smallest absolute Gasteiger partial charge is 0.462 e. The van der Waals surface area contributed by atoms with Gasteiger partial charge in [0.05, 0.1) is 17.9 Å². The third-order valence-corrected chi connectivity index (χ3v) is 3.73. The van der Waals surface area contributed by atoms with Crippen LogP contribution in [0.4, 0.5) is 23.7 Å². The summed E-state index contributed by atoms with van der Waals surface area (Å²) in [6.45, 7) is 1.94. The van der Waals surface area contributed by atoms with E-state index in [1.54, 1.807) is 19.1 Å². The van der Waals surface area contributed by atoms with E-state index >= 15 is 0 Å². The largest absolute Gasteiger partial charge is 0.471 e. The summed E-state index contributed by atoms with van der Waals surface area (Å²) in [6.07, 6.45) is -4.76. The van der Waals surface area contributed by atoms with Gasteiger partial charge in [-0.15, -0.1) is 0 Å². The molecule has 142 valence electrons. The fourth-order valence-electron chi connectivity index (χ4n) is 2.50. The zero-order chi connectivity index (χ0) is 19.3. The first-order valence-electron chi connectivity index (χ1n) is 7.92. The van der Waals surface area contributed by atoms with Crippen molar-refractivity contribution in [3.8, 4) is 0 Å². The van der Waals surface area contributed by atoms with Crippen LogP contribution in [0.25, 0.3) is 0 Å². The average molecular weight is 373 g/mol. The minimum Gasteiger partial charge on any atom is -0.462 e. The van der Waals surface area contributed by atoms with Gasteiger partial charge in [0.15, 0.2) is 0 Å². The third kappa shape index (κ3) is 4.87. The molecule has 7 nitrogen and oxygen atoms in total. The number of hydrogen-bond donors (Lipinski definition) is 2. The number of nitrogens with zero attached hydrogens (tertiary/aromatic N) is 1. The SMILES string of the molecule is CCOC(=O)c1ccccc1NC(=O)N1CCC(NC(=O)C(F)(F)F)C1. The Hall–Kier alpha value is -2.78. The van der Waals surface area contributed by atoms with Crippen molar-refractivity contribution in [2.24, 2.45) is 0 Å². The highest BCUT2D eigenvalue weighted by atomic mass is 19.4. The highest BCUT2D eigenvalue weighted by Gasteiger charge is 2.41. The molecule has 26 heavy (non-hydrogen) atoms. The van der Waals surface area contributed by atoms with Crippen molar-refractivity contribution in [3.63, 3.8) is 0 Å². The molecular weight excluding hydrogens is 355 g/mol. The summed E-state index contributed by atoms with van der Waals surface area (Å²) in [5, 5.41) is 4.40. The molecule has 10 heteroatoms. The number of carbonyl (C=O) groups is 3. The van der Waals surface area contributed by atoms with Crippen LogP contribution in [0, 0.1) is 0 Å². The summed E-state index contributed by atoms with van der Waals surface area (Å²) in [7, 11) is 0. The van der Waals surface area contributed by atoms with Crippen molar-refractivity contribution in [1.82, 2.24) is 10.2 Å². The Balaban J connectivity index is 1.97. The molecule has 0 spiro atoms. The Bertz CT molecular complexity index is 694. The van der Waals surface area contributed by atoms with Gasteiger partial charge in [0.2, 0.25) is 0 Å². The summed E-state index contributed by atoms with van der Waals surface area (Å²) in [5.74, 6) is -2.63. The van der Waals surface area contributed by atoms with Crippen LogP contribution < -0.4 is 10.6 Å². The van der Waals surface area contributed by atoms with Crippen molar-refractivity contribution in [3.05, 3.63) is 29.8 Å². The predicted molar refractivity (Wildman–Crippen MR) is 85.6 cm³/mol. The molecule has 1 saturated heterocycles. The maximum atomic E-state index is 12.3. The van der Waals surface area contributed by atoms with Gasteiger partial charge in [-0.1, -0.05) is 12.1 Å². The average Bonchev–Trinajstić information content (AvgIpc) is 3.03. The molecule has 0 bridgehead atoms. The van der Waals surface area contributed by atoms with Gasteiger partial charge < -0.3 is 20.3 Å². The van der Waals surface area contributed by atoms with Gasteiger partial charge >= 0.3 is 24.1 Å². The lowest BCUT2D eigenvalue weighted by molar-refractivity contribution is -0.174. The highest BCUT2D eigenvalue weighted by Crippen LogP contribution is 2.20. The second kappa shape index (κ2) is 8.07. The monoisotopic (exact) mass is 373 g/mol. The van der Waals surface area contributed by atoms with E-state index in [1.807, 2.05) is 5.32 Å². The van der Waals surface area contributed by atoms with E-state index in [2.05, 4.69) is 5.32 Å². The molecule has 1 aliphatic rings. The molecule has 2 N–H and O–H groups in total. The molecule has 1 aliphatic heterocycles. The van der Waals surface area contributed by atoms with Crippen LogP contribution >= 0.6 is 0 Å². The third-order valence-electron chi connectivity index (χ3n) is 3.73. The number of hydrogen-bond acceptors (Lipinski definition) is 4. The van der Waals surface area contributed by atoms with Crippen LogP contribution in [-0.4, -0.2) is 54.7 Å². The van der Waals surface area contributed by atoms with Crippen LogP contribution in [0.3, 0.4) is 0 Å². The van der Waals surface area contributed by atoms with Gasteiger partial charge in [0.25, 0.3) is 0 Å². The molecule has 3 amide bonds. The first-order chi connectivity index (χ1) is 12.2. The Labute approximate surface area is 147 Å². The second-order valence-corrected chi connectivity index (χ2v) is 5.60. The zero-order valence-corrected chi connectivity index (χ0v) is 13.9. The van der Waals surface area contributed by atoms with Crippen molar-refractivity contribution in [2.45, 2.75) is 25.6 Å².